The Hall–Kier alpha value is -1.36. The number of rotatable bonds is 6. The van der Waals surface area contributed by atoms with Crippen LogP contribution < -0.4 is 0 Å². The standard InChI is InChI=1S/C9H15N3O2/c1-2-11(8-9(13)14)6-7-12-5-3-4-10-12/h3-5H,2,6-8H2,1H3,(H,13,14). The molecule has 5 heteroatoms. The molecule has 0 atom stereocenters. The van der Waals surface area contributed by atoms with Gasteiger partial charge in [-0.2, -0.15) is 5.10 Å². The van der Waals surface area contributed by atoms with Gasteiger partial charge in [-0.15, -0.1) is 0 Å². The van der Waals surface area contributed by atoms with E-state index in [1.165, 1.54) is 0 Å². The van der Waals surface area contributed by atoms with E-state index in [0.717, 1.165) is 13.1 Å². The highest BCUT2D eigenvalue weighted by Crippen LogP contribution is 1.91. The second-order valence-corrected chi connectivity index (χ2v) is 3.03. The summed E-state index contributed by atoms with van der Waals surface area (Å²) in [5.41, 5.74) is 0. The Balaban J connectivity index is 2.30. The third kappa shape index (κ3) is 3.57. The van der Waals surface area contributed by atoms with Crippen molar-refractivity contribution in [1.29, 1.82) is 0 Å². The van der Waals surface area contributed by atoms with E-state index in [2.05, 4.69) is 5.10 Å². The molecule has 0 saturated carbocycles. The Kier molecular flexibility index (Phi) is 4.12. The number of likely N-dealkylation sites (N-methyl/N-ethyl adjacent to an activating group) is 1. The summed E-state index contributed by atoms with van der Waals surface area (Å²) in [6.07, 6.45) is 3.59. The lowest BCUT2D eigenvalue weighted by molar-refractivity contribution is -0.138. The van der Waals surface area contributed by atoms with Gasteiger partial charge in [-0.3, -0.25) is 14.4 Å². The molecule has 1 aromatic heterocycles. The van der Waals surface area contributed by atoms with Crippen molar-refractivity contribution in [2.24, 2.45) is 0 Å². The molecule has 5 nitrogen and oxygen atoms in total. The van der Waals surface area contributed by atoms with Gasteiger partial charge in [-0.25, -0.2) is 0 Å². The smallest absolute Gasteiger partial charge is 0.317 e. The fourth-order valence-electron chi connectivity index (χ4n) is 1.22. The van der Waals surface area contributed by atoms with Crippen LogP contribution in [0.2, 0.25) is 0 Å². The summed E-state index contributed by atoms with van der Waals surface area (Å²) in [4.78, 5) is 12.3. The van der Waals surface area contributed by atoms with Gasteiger partial charge in [0.15, 0.2) is 0 Å². The Morgan fingerprint density at radius 2 is 2.43 bits per heavy atom. The van der Waals surface area contributed by atoms with Crippen LogP contribution in [0.5, 0.6) is 0 Å². The number of hydrogen-bond donors (Lipinski definition) is 1. The Morgan fingerprint density at radius 1 is 1.64 bits per heavy atom. The van der Waals surface area contributed by atoms with Crippen LogP contribution in [-0.4, -0.2) is 45.4 Å². The summed E-state index contributed by atoms with van der Waals surface area (Å²) in [7, 11) is 0. The molecular weight excluding hydrogens is 182 g/mol. The second-order valence-electron chi connectivity index (χ2n) is 3.03. The van der Waals surface area contributed by atoms with E-state index in [-0.39, 0.29) is 6.54 Å². The average Bonchev–Trinajstić information content (AvgIpc) is 2.64. The van der Waals surface area contributed by atoms with Crippen LogP contribution in [0.25, 0.3) is 0 Å². The predicted molar refractivity (Wildman–Crippen MR) is 52.0 cm³/mol. The molecule has 0 aromatic carbocycles. The van der Waals surface area contributed by atoms with Gasteiger partial charge in [0, 0.05) is 18.9 Å². The monoisotopic (exact) mass is 197 g/mol. The van der Waals surface area contributed by atoms with Gasteiger partial charge in [0.1, 0.15) is 0 Å². The molecule has 0 unspecified atom stereocenters. The molecule has 0 aliphatic heterocycles. The van der Waals surface area contributed by atoms with E-state index in [1.807, 2.05) is 24.1 Å². The molecule has 0 aliphatic carbocycles. The highest BCUT2D eigenvalue weighted by atomic mass is 16.4. The number of aromatic nitrogens is 2. The SMILES string of the molecule is CCN(CCn1cccn1)CC(=O)O. The van der Waals surface area contributed by atoms with E-state index in [0.29, 0.717) is 6.54 Å². The van der Waals surface area contributed by atoms with Crippen molar-refractivity contribution in [3.05, 3.63) is 18.5 Å². The predicted octanol–water partition coefficient (Wildman–Crippen LogP) is 0.290. The van der Waals surface area contributed by atoms with Gasteiger partial charge >= 0.3 is 5.97 Å². The third-order valence-electron chi connectivity index (χ3n) is 2.01. The minimum absolute atomic E-state index is 0.0950. The number of carboxylic acids is 1. The first kappa shape index (κ1) is 10.7. The molecule has 0 spiro atoms. The molecule has 0 fully saturated rings. The van der Waals surface area contributed by atoms with Crippen molar-refractivity contribution in [3.8, 4) is 0 Å². The zero-order chi connectivity index (χ0) is 10.4. The van der Waals surface area contributed by atoms with Gasteiger partial charge in [-0.1, -0.05) is 6.92 Å². The highest BCUT2D eigenvalue weighted by molar-refractivity contribution is 5.69. The minimum Gasteiger partial charge on any atom is -0.480 e. The molecule has 0 aliphatic rings. The number of hydrogen-bond acceptors (Lipinski definition) is 3. The van der Waals surface area contributed by atoms with Gasteiger partial charge in [0.05, 0.1) is 13.1 Å². The zero-order valence-electron chi connectivity index (χ0n) is 8.26. The summed E-state index contributed by atoms with van der Waals surface area (Å²) < 4.78 is 1.80. The first-order valence-electron chi connectivity index (χ1n) is 4.64. The second kappa shape index (κ2) is 5.39. The van der Waals surface area contributed by atoms with Gasteiger partial charge in [0.2, 0.25) is 0 Å². The lowest BCUT2D eigenvalue weighted by atomic mass is 10.4. The maximum absolute atomic E-state index is 10.5. The molecule has 1 N–H and O–H groups in total. The van der Waals surface area contributed by atoms with Crippen molar-refractivity contribution in [1.82, 2.24) is 14.7 Å². The molecule has 1 rings (SSSR count). The summed E-state index contributed by atoms with van der Waals surface area (Å²) in [5, 5.41) is 12.7. The van der Waals surface area contributed by atoms with E-state index in [4.69, 9.17) is 5.11 Å². The largest absolute Gasteiger partial charge is 0.480 e. The number of carbonyl (C=O) groups is 1. The van der Waals surface area contributed by atoms with Crippen molar-refractivity contribution < 1.29 is 9.90 Å². The van der Waals surface area contributed by atoms with Gasteiger partial charge in [0.25, 0.3) is 0 Å². The first-order chi connectivity index (χ1) is 6.72. The van der Waals surface area contributed by atoms with E-state index < -0.39 is 5.97 Å². The number of nitrogens with zero attached hydrogens (tertiary/aromatic N) is 3. The van der Waals surface area contributed by atoms with Crippen LogP contribution in [0.4, 0.5) is 0 Å². The van der Waals surface area contributed by atoms with Crippen molar-refractivity contribution >= 4 is 5.97 Å². The zero-order valence-corrected chi connectivity index (χ0v) is 8.26. The molecule has 0 bridgehead atoms. The molecule has 14 heavy (non-hydrogen) atoms. The molecule has 1 aromatic rings. The van der Waals surface area contributed by atoms with Gasteiger partial charge in [-0.05, 0) is 12.6 Å². The topological polar surface area (TPSA) is 58.4 Å². The lowest BCUT2D eigenvalue weighted by Gasteiger charge is -2.17. The quantitative estimate of drug-likeness (QED) is 0.712. The molecule has 0 radical (unpaired) electrons. The summed E-state index contributed by atoms with van der Waals surface area (Å²) in [6, 6.07) is 1.85. The van der Waals surface area contributed by atoms with Crippen LogP contribution >= 0.6 is 0 Å². The Labute approximate surface area is 82.9 Å². The fourth-order valence-corrected chi connectivity index (χ4v) is 1.22. The molecule has 1 heterocycles. The average molecular weight is 197 g/mol. The summed E-state index contributed by atoms with van der Waals surface area (Å²) >= 11 is 0. The van der Waals surface area contributed by atoms with Crippen LogP contribution in [0.15, 0.2) is 18.5 Å². The third-order valence-corrected chi connectivity index (χ3v) is 2.01. The van der Waals surface area contributed by atoms with E-state index >= 15 is 0 Å². The number of aliphatic carboxylic acids is 1. The Bertz CT molecular complexity index is 272. The summed E-state index contributed by atoms with van der Waals surface area (Å²) in [6.45, 7) is 4.23. The number of carboxylic acid groups (broad SMARTS) is 1. The molecule has 0 amide bonds. The minimum atomic E-state index is -0.785. The van der Waals surface area contributed by atoms with Crippen molar-refractivity contribution in [3.63, 3.8) is 0 Å². The summed E-state index contributed by atoms with van der Waals surface area (Å²) in [5.74, 6) is -0.785. The Morgan fingerprint density at radius 3 is 2.93 bits per heavy atom. The van der Waals surface area contributed by atoms with Crippen molar-refractivity contribution in [2.45, 2.75) is 13.5 Å². The van der Waals surface area contributed by atoms with Crippen LogP contribution in [0.3, 0.4) is 0 Å². The normalized spacial score (nSPS) is 10.7. The van der Waals surface area contributed by atoms with Crippen LogP contribution in [0, 0.1) is 0 Å². The van der Waals surface area contributed by atoms with Gasteiger partial charge < -0.3 is 5.11 Å². The fraction of sp³-hybridized carbons (Fsp3) is 0.556. The lowest BCUT2D eigenvalue weighted by Crippen LogP contribution is -2.32. The van der Waals surface area contributed by atoms with E-state index in [1.54, 1.807) is 10.9 Å². The first-order valence-corrected chi connectivity index (χ1v) is 4.64. The van der Waals surface area contributed by atoms with Crippen molar-refractivity contribution in [2.75, 3.05) is 19.6 Å². The molecule has 0 saturated heterocycles. The van der Waals surface area contributed by atoms with Crippen LogP contribution in [-0.2, 0) is 11.3 Å². The van der Waals surface area contributed by atoms with Crippen LogP contribution in [0.1, 0.15) is 6.92 Å². The maximum atomic E-state index is 10.5. The molecule has 78 valence electrons. The highest BCUT2D eigenvalue weighted by Gasteiger charge is 2.06. The molecular formula is C9H15N3O2. The van der Waals surface area contributed by atoms with E-state index in [9.17, 15) is 4.79 Å². The maximum Gasteiger partial charge on any atom is 0.317 e.